The summed E-state index contributed by atoms with van der Waals surface area (Å²) in [5.41, 5.74) is 12.6. The standard InChI is InChI=1S/C42H33N3/c1-28(2)22-29-23-34(39-20-18-33(27-44-39)30-10-4-3-5-11-30)25-35(24-29)45-40-16-7-6-14-37(40)38-19-17-32(26-41(38)45)36-15-8-12-31-13-9-21-43-42(31)36/h3-21,23-28H,22H2,1-2H3. The fourth-order valence-corrected chi connectivity index (χ4v) is 6.66. The van der Waals surface area contributed by atoms with E-state index in [2.05, 4.69) is 140 Å². The average Bonchev–Trinajstić information content (AvgIpc) is 3.42. The highest BCUT2D eigenvalue weighted by Crippen LogP contribution is 2.37. The molecule has 0 saturated heterocycles. The second-order valence-electron chi connectivity index (χ2n) is 12.2. The molecule has 3 nitrogen and oxygen atoms in total. The Morgan fingerprint density at radius 2 is 1.38 bits per heavy atom. The van der Waals surface area contributed by atoms with Gasteiger partial charge in [-0.15, -0.1) is 0 Å². The van der Waals surface area contributed by atoms with Gasteiger partial charge in [0.1, 0.15) is 0 Å². The van der Waals surface area contributed by atoms with Gasteiger partial charge in [-0.1, -0.05) is 105 Å². The summed E-state index contributed by atoms with van der Waals surface area (Å²) < 4.78 is 2.43. The highest BCUT2D eigenvalue weighted by atomic mass is 15.0. The van der Waals surface area contributed by atoms with Crippen LogP contribution in [0.1, 0.15) is 19.4 Å². The minimum absolute atomic E-state index is 0.533. The maximum Gasteiger partial charge on any atom is 0.0780 e. The summed E-state index contributed by atoms with van der Waals surface area (Å²) in [5.74, 6) is 0.533. The summed E-state index contributed by atoms with van der Waals surface area (Å²) in [5, 5.41) is 3.63. The van der Waals surface area contributed by atoms with Crippen LogP contribution in [0, 0.1) is 5.92 Å². The molecule has 0 fully saturated rings. The number of pyridine rings is 2. The van der Waals surface area contributed by atoms with Crippen LogP contribution in [0.2, 0.25) is 0 Å². The van der Waals surface area contributed by atoms with Gasteiger partial charge in [-0.3, -0.25) is 9.97 Å². The molecule has 45 heavy (non-hydrogen) atoms. The Labute approximate surface area is 263 Å². The molecule has 0 radical (unpaired) electrons. The summed E-state index contributed by atoms with van der Waals surface area (Å²) >= 11 is 0. The Kier molecular flexibility index (Phi) is 6.72. The first kappa shape index (κ1) is 27.0. The smallest absolute Gasteiger partial charge is 0.0780 e. The molecule has 0 spiro atoms. The third-order valence-electron chi connectivity index (χ3n) is 8.66. The molecule has 0 bridgehead atoms. The van der Waals surface area contributed by atoms with Gasteiger partial charge in [0.15, 0.2) is 0 Å². The number of rotatable bonds is 6. The minimum Gasteiger partial charge on any atom is -0.309 e. The van der Waals surface area contributed by atoms with Gasteiger partial charge < -0.3 is 4.57 Å². The molecule has 3 heterocycles. The number of nitrogens with zero attached hydrogens (tertiary/aromatic N) is 3. The van der Waals surface area contributed by atoms with Gasteiger partial charge in [0, 0.05) is 50.9 Å². The van der Waals surface area contributed by atoms with E-state index in [1.807, 2.05) is 24.5 Å². The van der Waals surface area contributed by atoms with Crippen molar-refractivity contribution < 1.29 is 0 Å². The molecule has 8 rings (SSSR count). The first-order valence-electron chi connectivity index (χ1n) is 15.7. The van der Waals surface area contributed by atoms with E-state index < -0.39 is 0 Å². The molecule has 8 aromatic rings. The van der Waals surface area contributed by atoms with Crippen LogP contribution in [0.3, 0.4) is 0 Å². The van der Waals surface area contributed by atoms with E-state index in [0.717, 1.165) is 51.0 Å². The molecule has 3 aromatic heterocycles. The zero-order chi connectivity index (χ0) is 30.3. The van der Waals surface area contributed by atoms with Crippen LogP contribution in [-0.4, -0.2) is 14.5 Å². The van der Waals surface area contributed by atoms with Crippen LogP contribution in [0.25, 0.3) is 71.9 Å². The summed E-state index contributed by atoms with van der Waals surface area (Å²) in [7, 11) is 0. The number of hydrogen-bond donors (Lipinski definition) is 0. The SMILES string of the molecule is CC(C)Cc1cc(-c2ccc(-c3ccccc3)cn2)cc(-n2c3ccccc3c3ccc(-c4cccc5cccnc45)cc32)c1. The molecular formula is C42H33N3. The predicted octanol–water partition coefficient (Wildman–Crippen LogP) is 10.9. The van der Waals surface area contributed by atoms with Gasteiger partial charge in [0.05, 0.1) is 22.2 Å². The minimum atomic E-state index is 0.533. The lowest BCUT2D eigenvalue weighted by Gasteiger charge is -2.15. The van der Waals surface area contributed by atoms with Crippen molar-refractivity contribution in [1.29, 1.82) is 0 Å². The van der Waals surface area contributed by atoms with Crippen LogP contribution >= 0.6 is 0 Å². The number of fused-ring (bicyclic) bond motifs is 4. The monoisotopic (exact) mass is 579 g/mol. The van der Waals surface area contributed by atoms with Crippen LogP contribution in [0.15, 0.2) is 146 Å². The largest absolute Gasteiger partial charge is 0.309 e. The molecule has 3 heteroatoms. The number of benzene rings is 5. The molecule has 0 saturated carbocycles. The Morgan fingerprint density at radius 3 is 2.22 bits per heavy atom. The lowest BCUT2D eigenvalue weighted by Crippen LogP contribution is -2.00. The Hall–Kier alpha value is -5.54. The van der Waals surface area contributed by atoms with E-state index in [1.54, 1.807) is 0 Å². The molecule has 0 atom stereocenters. The van der Waals surface area contributed by atoms with Crippen LogP contribution in [-0.2, 0) is 6.42 Å². The maximum atomic E-state index is 4.96. The molecule has 0 N–H and O–H groups in total. The van der Waals surface area contributed by atoms with Gasteiger partial charge in [0.25, 0.3) is 0 Å². The van der Waals surface area contributed by atoms with E-state index in [1.165, 1.54) is 32.9 Å². The van der Waals surface area contributed by atoms with Gasteiger partial charge >= 0.3 is 0 Å². The van der Waals surface area contributed by atoms with Crippen LogP contribution in [0.5, 0.6) is 0 Å². The zero-order valence-corrected chi connectivity index (χ0v) is 25.5. The second-order valence-corrected chi connectivity index (χ2v) is 12.2. The van der Waals surface area contributed by atoms with E-state index in [-0.39, 0.29) is 0 Å². The van der Waals surface area contributed by atoms with Crippen molar-refractivity contribution in [1.82, 2.24) is 14.5 Å². The fourth-order valence-electron chi connectivity index (χ4n) is 6.66. The Balaban J connectivity index is 1.33. The van der Waals surface area contributed by atoms with Gasteiger partial charge in [-0.25, -0.2) is 0 Å². The lowest BCUT2D eigenvalue weighted by molar-refractivity contribution is 0.647. The maximum absolute atomic E-state index is 4.96. The van der Waals surface area contributed by atoms with Crippen molar-refractivity contribution in [2.45, 2.75) is 20.3 Å². The number of aromatic nitrogens is 3. The van der Waals surface area contributed by atoms with Crippen LogP contribution in [0.4, 0.5) is 0 Å². The summed E-state index contributed by atoms with van der Waals surface area (Å²) in [6, 6.07) is 47.9. The molecule has 5 aromatic carbocycles. The summed E-state index contributed by atoms with van der Waals surface area (Å²) in [6.45, 7) is 4.56. The van der Waals surface area contributed by atoms with Crippen molar-refractivity contribution in [3.63, 3.8) is 0 Å². The van der Waals surface area contributed by atoms with Gasteiger partial charge in [0.2, 0.25) is 0 Å². The summed E-state index contributed by atoms with van der Waals surface area (Å²) in [6.07, 6.45) is 4.86. The first-order chi connectivity index (χ1) is 22.1. The van der Waals surface area contributed by atoms with Crippen LogP contribution < -0.4 is 0 Å². The van der Waals surface area contributed by atoms with E-state index in [4.69, 9.17) is 9.97 Å². The third-order valence-corrected chi connectivity index (χ3v) is 8.66. The molecule has 216 valence electrons. The Morgan fingerprint density at radius 1 is 0.578 bits per heavy atom. The molecule has 0 aliphatic carbocycles. The number of para-hydroxylation sites is 2. The van der Waals surface area contributed by atoms with E-state index >= 15 is 0 Å². The molecule has 0 aliphatic rings. The molecule has 0 aliphatic heterocycles. The van der Waals surface area contributed by atoms with Crippen molar-refractivity contribution in [2.75, 3.05) is 0 Å². The molecule has 0 amide bonds. The average molecular weight is 580 g/mol. The fraction of sp³-hybridized carbons (Fsp3) is 0.0952. The zero-order valence-electron chi connectivity index (χ0n) is 25.5. The third kappa shape index (κ3) is 4.97. The van der Waals surface area contributed by atoms with E-state index in [9.17, 15) is 0 Å². The van der Waals surface area contributed by atoms with Crippen molar-refractivity contribution in [3.8, 4) is 39.2 Å². The second kappa shape index (κ2) is 11.2. The summed E-state index contributed by atoms with van der Waals surface area (Å²) in [4.78, 5) is 9.72. The normalized spacial score (nSPS) is 11.6. The first-order valence-corrected chi connectivity index (χ1v) is 15.7. The van der Waals surface area contributed by atoms with E-state index in [0.29, 0.717) is 5.92 Å². The van der Waals surface area contributed by atoms with Crippen molar-refractivity contribution in [2.24, 2.45) is 5.92 Å². The van der Waals surface area contributed by atoms with Gasteiger partial charge in [-0.2, -0.15) is 0 Å². The highest BCUT2D eigenvalue weighted by molar-refractivity contribution is 6.11. The quantitative estimate of drug-likeness (QED) is 0.196. The number of hydrogen-bond acceptors (Lipinski definition) is 2. The van der Waals surface area contributed by atoms with Crippen molar-refractivity contribution >= 4 is 32.7 Å². The molecule has 0 unspecified atom stereocenters. The predicted molar refractivity (Wildman–Crippen MR) is 189 cm³/mol. The Bertz CT molecular complexity index is 2310. The van der Waals surface area contributed by atoms with Crippen molar-refractivity contribution in [3.05, 3.63) is 151 Å². The lowest BCUT2D eigenvalue weighted by atomic mass is 9.98. The molecular weight excluding hydrogens is 546 g/mol. The highest BCUT2D eigenvalue weighted by Gasteiger charge is 2.16. The van der Waals surface area contributed by atoms with Gasteiger partial charge in [-0.05, 0) is 71.5 Å². The topological polar surface area (TPSA) is 30.7 Å².